The molecule has 1 N–H and O–H groups in total. The summed E-state index contributed by atoms with van der Waals surface area (Å²) in [7, 11) is 0. The van der Waals surface area contributed by atoms with Crippen LogP contribution in [0.1, 0.15) is 37.6 Å². The standard InChI is InChI=1S/C22H22ClN3O/c1-14(2)12-15(3)25-26-22(27)18-13-20(16-8-5-4-6-9-16)24-21-17(18)10-7-11-19(21)23/h4-11,13-14H,12H2,1-3H3,(H,26,27)/b25-15-. The fourth-order valence-corrected chi connectivity index (χ4v) is 3.22. The summed E-state index contributed by atoms with van der Waals surface area (Å²) in [5, 5.41) is 5.45. The van der Waals surface area contributed by atoms with E-state index in [2.05, 4.69) is 29.4 Å². The Morgan fingerprint density at radius 3 is 2.59 bits per heavy atom. The predicted octanol–water partition coefficient (Wildman–Crippen LogP) is 5.71. The van der Waals surface area contributed by atoms with Crippen LogP contribution in [0.25, 0.3) is 22.2 Å². The molecule has 1 amide bonds. The van der Waals surface area contributed by atoms with Crippen molar-refractivity contribution in [2.75, 3.05) is 0 Å². The molecule has 138 valence electrons. The zero-order chi connectivity index (χ0) is 19.4. The van der Waals surface area contributed by atoms with Crippen LogP contribution in [-0.4, -0.2) is 16.6 Å². The van der Waals surface area contributed by atoms with Crippen molar-refractivity contribution in [1.29, 1.82) is 0 Å². The number of rotatable bonds is 5. The summed E-state index contributed by atoms with van der Waals surface area (Å²) in [6, 6.07) is 17.0. The zero-order valence-electron chi connectivity index (χ0n) is 15.7. The van der Waals surface area contributed by atoms with E-state index in [9.17, 15) is 4.79 Å². The van der Waals surface area contributed by atoms with Crippen molar-refractivity contribution in [3.05, 3.63) is 65.2 Å². The molecule has 2 aromatic carbocycles. The summed E-state index contributed by atoms with van der Waals surface area (Å²) in [6.45, 7) is 6.15. The van der Waals surface area contributed by atoms with E-state index in [1.165, 1.54) is 0 Å². The van der Waals surface area contributed by atoms with Gasteiger partial charge in [0.25, 0.3) is 5.91 Å². The smallest absolute Gasteiger partial charge is 0.267 e. The number of nitrogens with zero attached hydrogens (tertiary/aromatic N) is 2. The first-order valence-corrected chi connectivity index (χ1v) is 9.31. The highest BCUT2D eigenvalue weighted by molar-refractivity contribution is 6.35. The monoisotopic (exact) mass is 379 g/mol. The first-order valence-electron chi connectivity index (χ1n) is 8.94. The Bertz CT molecular complexity index is 997. The van der Waals surface area contributed by atoms with Gasteiger partial charge in [0.1, 0.15) is 0 Å². The number of pyridine rings is 1. The number of hydrogen-bond donors (Lipinski definition) is 1. The zero-order valence-corrected chi connectivity index (χ0v) is 16.4. The van der Waals surface area contributed by atoms with Gasteiger partial charge in [-0.1, -0.05) is 67.9 Å². The maximum Gasteiger partial charge on any atom is 0.272 e. The summed E-state index contributed by atoms with van der Waals surface area (Å²) in [6.07, 6.45) is 0.832. The van der Waals surface area contributed by atoms with Crippen molar-refractivity contribution < 1.29 is 4.79 Å². The van der Waals surface area contributed by atoms with Crippen LogP contribution in [0.2, 0.25) is 5.02 Å². The largest absolute Gasteiger partial charge is 0.272 e. The summed E-state index contributed by atoms with van der Waals surface area (Å²) in [5.41, 5.74) is 6.29. The van der Waals surface area contributed by atoms with E-state index in [1.807, 2.05) is 49.4 Å². The molecule has 0 radical (unpaired) electrons. The third-order valence-corrected chi connectivity index (χ3v) is 4.46. The fraction of sp³-hybridized carbons (Fsp3) is 0.227. The van der Waals surface area contributed by atoms with Crippen molar-refractivity contribution in [1.82, 2.24) is 10.4 Å². The highest BCUT2D eigenvalue weighted by Gasteiger charge is 2.15. The molecule has 0 atom stereocenters. The van der Waals surface area contributed by atoms with Gasteiger partial charge in [0.05, 0.1) is 21.8 Å². The minimum Gasteiger partial charge on any atom is -0.267 e. The lowest BCUT2D eigenvalue weighted by Gasteiger charge is -2.10. The van der Waals surface area contributed by atoms with E-state index >= 15 is 0 Å². The van der Waals surface area contributed by atoms with Crippen LogP contribution in [0.4, 0.5) is 0 Å². The number of hydrazone groups is 1. The van der Waals surface area contributed by atoms with Crippen molar-refractivity contribution in [2.45, 2.75) is 27.2 Å². The van der Waals surface area contributed by atoms with Gasteiger partial charge in [-0.15, -0.1) is 0 Å². The first kappa shape index (κ1) is 19.1. The van der Waals surface area contributed by atoms with Crippen molar-refractivity contribution >= 4 is 34.1 Å². The van der Waals surface area contributed by atoms with E-state index in [4.69, 9.17) is 11.6 Å². The van der Waals surface area contributed by atoms with E-state index < -0.39 is 0 Å². The summed E-state index contributed by atoms with van der Waals surface area (Å²) >= 11 is 6.36. The van der Waals surface area contributed by atoms with Crippen molar-refractivity contribution in [3.63, 3.8) is 0 Å². The Balaban J connectivity index is 2.05. The normalized spacial score (nSPS) is 11.8. The Morgan fingerprint density at radius 2 is 1.89 bits per heavy atom. The Morgan fingerprint density at radius 1 is 1.15 bits per heavy atom. The molecule has 3 aromatic rings. The molecular formula is C22H22ClN3O. The topological polar surface area (TPSA) is 54.4 Å². The lowest BCUT2D eigenvalue weighted by molar-refractivity contribution is 0.0956. The molecule has 5 heteroatoms. The Hall–Kier alpha value is -2.72. The van der Waals surface area contributed by atoms with Crippen LogP contribution in [-0.2, 0) is 0 Å². The molecule has 3 rings (SSSR count). The molecule has 0 bridgehead atoms. The molecule has 0 aliphatic rings. The number of nitrogens with one attached hydrogen (secondary N) is 1. The average molecular weight is 380 g/mol. The second-order valence-corrected chi connectivity index (χ2v) is 7.35. The maximum absolute atomic E-state index is 12.9. The number of carbonyl (C=O) groups is 1. The number of fused-ring (bicyclic) bond motifs is 1. The van der Waals surface area contributed by atoms with Crippen LogP contribution in [0.15, 0.2) is 59.7 Å². The minimum absolute atomic E-state index is 0.273. The SMILES string of the molecule is C/C(CC(C)C)=N/NC(=O)c1cc(-c2ccccc2)nc2c(Cl)cccc12. The highest BCUT2D eigenvalue weighted by atomic mass is 35.5. The van der Waals surface area contributed by atoms with Gasteiger partial charge < -0.3 is 0 Å². The van der Waals surface area contributed by atoms with E-state index in [-0.39, 0.29) is 5.91 Å². The second-order valence-electron chi connectivity index (χ2n) is 6.94. The lowest BCUT2D eigenvalue weighted by Crippen LogP contribution is -2.20. The molecule has 0 aliphatic heterocycles. The number of hydrogen-bond acceptors (Lipinski definition) is 3. The third kappa shape index (κ3) is 4.52. The van der Waals surface area contributed by atoms with Gasteiger partial charge in [-0.05, 0) is 31.4 Å². The quantitative estimate of drug-likeness (QED) is 0.456. The van der Waals surface area contributed by atoms with Gasteiger partial charge in [0.15, 0.2) is 0 Å². The van der Waals surface area contributed by atoms with Crippen LogP contribution in [0.5, 0.6) is 0 Å². The van der Waals surface area contributed by atoms with E-state index in [1.54, 1.807) is 12.1 Å². The van der Waals surface area contributed by atoms with Crippen molar-refractivity contribution in [2.24, 2.45) is 11.0 Å². The third-order valence-electron chi connectivity index (χ3n) is 4.16. The molecule has 0 saturated heterocycles. The lowest BCUT2D eigenvalue weighted by atomic mass is 10.0. The highest BCUT2D eigenvalue weighted by Crippen LogP contribution is 2.29. The van der Waals surface area contributed by atoms with Crippen LogP contribution in [0, 0.1) is 5.92 Å². The number of carbonyl (C=O) groups excluding carboxylic acids is 1. The number of amides is 1. The number of aromatic nitrogens is 1. The predicted molar refractivity (Wildman–Crippen MR) is 112 cm³/mol. The molecule has 1 aromatic heterocycles. The summed E-state index contributed by atoms with van der Waals surface area (Å²) in [4.78, 5) is 17.5. The van der Waals surface area contributed by atoms with Gasteiger partial charge >= 0.3 is 0 Å². The Kier molecular flexibility index (Phi) is 5.87. The van der Waals surface area contributed by atoms with Crippen molar-refractivity contribution in [3.8, 4) is 11.3 Å². The van der Waals surface area contributed by atoms with E-state index in [0.717, 1.165) is 17.7 Å². The van der Waals surface area contributed by atoms with Crippen LogP contribution >= 0.6 is 11.6 Å². The van der Waals surface area contributed by atoms with Gasteiger partial charge in [-0.25, -0.2) is 10.4 Å². The molecule has 0 aliphatic carbocycles. The van der Waals surface area contributed by atoms with Gasteiger partial charge in [-0.3, -0.25) is 4.79 Å². The molecule has 0 unspecified atom stereocenters. The van der Waals surface area contributed by atoms with Gasteiger partial charge in [0, 0.05) is 16.7 Å². The molecular weight excluding hydrogens is 358 g/mol. The summed E-state index contributed by atoms with van der Waals surface area (Å²) in [5.74, 6) is 0.209. The average Bonchev–Trinajstić information content (AvgIpc) is 2.66. The number of benzene rings is 2. The molecule has 0 saturated carbocycles. The van der Waals surface area contributed by atoms with Crippen LogP contribution < -0.4 is 5.43 Å². The second kappa shape index (κ2) is 8.31. The fourth-order valence-electron chi connectivity index (χ4n) is 3.00. The van der Waals surface area contributed by atoms with Gasteiger partial charge in [0.2, 0.25) is 0 Å². The number of halogens is 1. The van der Waals surface area contributed by atoms with Crippen LogP contribution in [0.3, 0.4) is 0 Å². The Labute approximate surface area is 164 Å². The molecule has 0 fully saturated rings. The van der Waals surface area contributed by atoms with Gasteiger partial charge in [-0.2, -0.15) is 5.10 Å². The maximum atomic E-state index is 12.9. The molecule has 4 nitrogen and oxygen atoms in total. The van der Waals surface area contributed by atoms with E-state index in [0.29, 0.717) is 33.1 Å². The molecule has 1 heterocycles. The minimum atomic E-state index is -0.273. The first-order chi connectivity index (χ1) is 13.0. The molecule has 0 spiro atoms. The molecule has 27 heavy (non-hydrogen) atoms. The summed E-state index contributed by atoms with van der Waals surface area (Å²) < 4.78 is 0. The number of para-hydroxylation sites is 1.